The number of halogens is 3. The van der Waals surface area contributed by atoms with Crippen molar-refractivity contribution in [2.45, 2.75) is 0 Å². The smallest absolute Gasteiger partial charge is 0.373 e. The van der Waals surface area contributed by atoms with E-state index in [4.69, 9.17) is 0 Å². The molecule has 0 atom stereocenters. The third-order valence-electron chi connectivity index (χ3n) is 1.93. The van der Waals surface area contributed by atoms with Crippen molar-refractivity contribution in [3.05, 3.63) is 39.6 Å². The van der Waals surface area contributed by atoms with E-state index in [1.54, 1.807) is 0 Å². The fraction of sp³-hybridized carbons (Fsp3) is 0.182. The lowest BCUT2D eigenvalue weighted by atomic mass is 10.1. The Hall–Kier alpha value is -1.43. The Morgan fingerprint density at radius 3 is 2.18 bits per heavy atom. The van der Waals surface area contributed by atoms with Gasteiger partial charge < -0.3 is 9.47 Å². The summed E-state index contributed by atoms with van der Waals surface area (Å²) in [5, 5.41) is 0. The number of ether oxygens (including phenoxy) is 2. The highest BCUT2D eigenvalue weighted by Gasteiger charge is 2.14. The van der Waals surface area contributed by atoms with Gasteiger partial charge >= 0.3 is 5.97 Å². The molecule has 1 rings (SSSR count). The first-order valence-corrected chi connectivity index (χ1v) is 5.27. The predicted octanol–water partition coefficient (Wildman–Crippen LogP) is 2.89. The first-order chi connectivity index (χ1) is 7.99. The van der Waals surface area contributed by atoms with Crippen LogP contribution in [0.1, 0.15) is 5.56 Å². The van der Waals surface area contributed by atoms with Gasteiger partial charge in [-0.1, -0.05) is 15.9 Å². The second-order valence-corrected chi connectivity index (χ2v) is 3.90. The molecule has 0 aromatic heterocycles. The third kappa shape index (κ3) is 3.26. The van der Waals surface area contributed by atoms with Crippen LogP contribution in [0.3, 0.4) is 0 Å². The van der Waals surface area contributed by atoms with E-state index >= 15 is 0 Å². The van der Waals surface area contributed by atoms with E-state index in [2.05, 4.69) is 25.4 Å². The summed E-state index contributed by atoms with van der Waals surface area (Å²) in [4.78, 5) is 11.2. The maximum Gasteiger partial charge on any atom is 0.373 e. The van der Waals surface area contributed by atoms with Crippen LogP contribution >= 0.6 is 15.9 Å². The van der Waals surface area contributed by atoms with Gasteiger partial charge in [0.25, 0.3) is 0 Å². The molecule has 0 N–H and O–H groups in total. The van der Waals surface area contributed by atoms with Gasteiger partial charge in [-0.25, -0.2) is 13.6 Å². The van der Waals surface area contributed by atoms with Gasteiger partial charge in [0, 0.05) is 10.5 Å². The molecule has 17 heavy (non-hydrogen) atoms. The summed E-state index contributed by atoms with van der Waals surface area (Å²) in [6, 6.07) is 2.17. The first kappa shape index (κ1) is 13.6. The van der Waals surface area contributed by atoms with Crippen molar-refractivity contribution >= 4 is 28.0 Å². The van der Waals surface area contributed by atoms with Crippen LogP contribution in [0, 0.1) is 11.6 Å². The molecule has 0 saturated carbocycles. The molecular weight excluding hydrogens is 298 g/mol. The SMILES string of the molecule is COC(=O)C(=Cc1c(F)cc(Br)cc1F)OC. The molecule has 0 aliphatic carbocycles. The number of carbonyl (C=O) groups is 1. The molecule has 0 heterocycles. The highest BCUT2D eigenvalue weighted by molar-refractivity contribution is 9.10. The Kier molecular flexibility index (Phi) is 4.62. The molecule has 92 valence electrons. The maximum absolute atomic E-state index is 13.5. The fourth-order valence-corrected chi connectivity index (χ4v) is 1.53. The average molecular weight is 307 g/mol. The van der Waals surface area contributed by atoms with Crippen LogP contribution in [0.25, 0.3) is 6.08 Å². The van der Waals surface area contributed by atoms with Gasteiger partial charge in [-0.2, -0.15) is 0 Å². The predicted molar refractivity (Wildman–Crippen MR) is 61.1 cm³/mol. The van der Waals surface area contributed by atoms with Gasteiger partial charge in [0.2, 0.25) is 5.76 Å². The summed E-state index contributed by atoms with van der Waals surface area (Å²) in [5.41, 5.74) is -0.365. The number of rotatable bonds is 3. The zero-order valence-corrected chi connectivity index (χ0v) is 10.7. The minimum atomic E-state index is -0.811. The van der Waals surface area contributed by atoms with Crippen molar-refractivity contribution in [3.63, 3.8) is 0 Å². The summed E-state index contributed by atoms with van der Waals surface area (Å²) in [6.07, 6.45) is 0.947. The normalized spacial score (nSPS) is 11.2. The van der Waals surface area contributed by atoms with Crippen LogP contribution in [0.15, 0.2) is 22.4 Å². The van der Waals surface area contributed by atoms with Crippen LogP contribution in [0.2, 0.25) is 0 Å². The summed E-state index contributed by atoms with van der Waals surface area (Å²) in [6.45, 7) is 0. The molecule has 0 aliphatic heterocycles. The molecule has 1 aromatic rings. The highest BCUT2D eigenvalue weighted by atomic mass is 79.9. The Morgan fingerprint density at radius 1 is 1.24 bits per heavy atom. The molecule has 0 amide bonds. The summed E-state index contributed by atoms with van der Waals surface area (Å²) in [7, 11) is 2.35. The fourth-order valence-electron chi connectivity index (χ4n) is 1.12. The van der Waals surface area contributed by atoms with Crippen LogP contribution < -0.4 is 0 Å². The molecule has 0 bridgehead atoms. The molecule has 0 radical (unpaired) electrons. The number of hydrogen-bond donors (Lipinski definition) is 0. The summed E-state index contributed by atoms with van der Waals surface area (Å²) >= 11 is 2.95. The van der Waals surface area contributed by atoms with E-state index in [1.807, 2.05) is 0 Å². The third-order valence-corrected chi connectivity index (χ3v) is 2.38. The molecular formula is C11H9BrF2O3. The lowest BCUT2D eigenvalue weighted by Crippen LogP contribution is -2.06. The molecule has 0 saturated heterocycles. The van der Waals surface area contributed by atoms with Crippen LogP contribution in [-0.2, 0) is 14.3 Å². The van der Waals surface area contributed by atoms with Gasteiger partial charge in [0.15, 0.2) is 0 Å². The first-order valence-electron chi connectivity index (χ1n) is 4.48. The van der Waals surface area contributed by atoms with E-state index in [9.17, 15) is 13.6 Å². The molecule has 1 aromatic carbocycles. The van der Waals surface area contributed by atoms with E-state index < -0.39 is 17.6 Å². The number of carbonyl (C=O) groups excluding carboxylic acids is 1. The van der Waals surface area contributed by atoms with Crippen molar-refractivity contribution in [3.8, 4) is 0 Å². The van der Waals surface area contributed by atoms with E-state index in [1.165, 1.54) is 7.11 Å². The minimum absolute atomic E-state index is 0.265. The van der Waals surface area contributed by atoms with Gasteiger partial charge in [-0.05, 0) is 12.1 Å². The second-order valence-electron chi connectivity index (χ2n) is 2.99. The standard InChI is InChI=1S/C11H9BrF2O3/c1-16-10(11(15)17-2)5-7-8(13)3-6(12)4-9(7)14/h3-5H,1-2H3. The van der Waals surface area contributed by atoms with Crippen molar-refractivity contribution in [2.75, 3.05) is 14.2 Å². The van der Waals surface area contributed by atoms with E-state index in [0.717, 1.165) is 25.3 Å². The number of benzene rings is 1. The number of esters is 1. The molecule has 0 fully saturated rings. The quantitative estimate of drug-likeness (QED) is 0.489. The van der Waals surface area contributed by atoms with Crippen molar-refractivity contribution in [1.82, 2.24) is 0 Å². The molecule has 6 heteroatoms. The summed E-state index contributed by atoms with van der Waals surface area (Å²) < 4.78 is 36.3. The van der Waals surface area contributed by atoms with Gasteiger partial charge in [0.1, 0.15) is 11.6 Å². The monoisotopic (exact) mass is 306 g/mol. The Bertz CT molecular complexity index is 449. The maximum atomic E-state index is 13.5. The average Bonchev–Trinajstić information content (AvgIpc) is 2.27. The number of methoxy groups -OCH3 is 2. The van der Waals surface area contributed by atoms with Crippen molar-refractivity contribution < 1.29 is 23.0 Å². The topological polar surface area (TPSA) is 35.5 Å². The Morgan fingerprint density at radius 2 is 1.76 bits per heavy atom. The molecule has 3 nitrogen and oxygen atoms in total. The second kappa shape index (κ2) is 5.77. The van der Waals surface area contributed by atoms with E-state index in [0.29, 0.717) is 0 Å². The van der Waals surface area contributed by atoms with Gasteiger partial charge in [0.05, 0.1) is 19.8 Å². The van der Waals surface area contributed by atoms with E-state index in [-0.39, 0.29) is 15.8 Å². The molecule has 0 spiro atoms. The zero-order valence-electron chi connectivity index (χ0n) is 9.09. The molecule has 0 aliphatic rings. The van der Waals surface area contributed by atoms with Gasteiger partial charge in [-0.3, -0.25) is 0 Å². The zero-order chi connectivity index (χ0) is 13.0. The van der Waals surface area contributed by atoms with Crippen LogP contribution in [0.5, 0.6) is 0 Å². The lowest BCUT2D eigenvalue weighted by Gasteiger charge is -2.05. The Labute approximate surface area is 105 Å². The van der Waals surface area contributed by atoms with Crippen molar-refractivity contribution in [2.24, 2.45) is 0 Å². The highest BCUT2D eigenvalue weighted by Crippen LogP contribution is 2.22. The lowest BCUT2D eigenvalue weighted by molar-refractivity contribution is -0.139. The van der Waals surface area contributed by atoms with Crippen LogP contribution in [0.4, 0.5) is 8.78 Å². The molecule has 0 unspecified atom stereocenters. The van der Waals surface area contributed by atoms with Crippen molar-refractivity contribution in [1.29, 1.82) is 0 Å². The Balaban J connectivity index is 3.25. The largest absolute Gasteiger partial charge is 0.490 e. The van der Waals surface area contributed by atoms with Crippen LogP contribution in [-0.4, -0.2) is 20.2 Å². The number of hydrogen-bond acceptors (Lipinski definition) is 3. The van der Waals surface area contributed by atoms with Gasteiger partial charge in [-0.15, -0.1) is 0 Å². The minimum Gasteiger partial charge on any atom is -0.490 e. The summed E-state index contributed by atoms with van der Waals surface area (Å²) in [5.74, 6) is -2.72.